The van der Waals surface area contributed by atoms with Gasteiger partial charge in [0.2, 0.25) is 0 Å². The lowest BCUT2D eigenvalue weighted by Gasteiger charge is -2.10. The van der Waals surface area contributed by atoms with Crippen LogP contribution in [0.4, 0.5) is 0 Å². The summed E-state index contributed by atoms with van der Waals surface area (Å²) < 4.78 is 13.4. The number of carbonyl (C=O) groups is 3. The molecule has 0 heterocycles. The van der Waals surface area contributed by atoms with Crippen LogP contribution in [0.25, 0.3) is 0 Å². The third-order valence-corrected chi connectivity index (χ3v) is 2.84. The van der Waals surface area contributed by atoms with E-state index in [4.69, 9.17) is 10.7 Å². The molecule has 0 saturated heterocycles. The molecule has 0 aromatic carbocycles. The Labute approximate surface area is 143 Å². The lowest BCUT2D eigenvalue weighted by molar-refractivity contribution is -0.141. The van der Waals surface area contributed by atoms with E-state index >= 15 is 0 Å². The van der Waals surface area contributed by atoms with Crippen LogP contribution in [0.15, 0.2) is 28.9 Å². The molecule has 0 fully saturated rings. The summed E-state index contributed by atoms with van der Waals surface area (Å²) >= 11 is 0. The van der Waals surface area contributed by atoms with E-state index in [9.17, 15) is 19.6 Å². The molecule has 130 valence electrons. The maximum absolute atomic E-state index is 11.6. The summed E-state index contributed by atoms with van der Waals surface area (Å²) in [5.74, 6) is -1.95. The smallest absolute Gasteiger partial charge is 0.348 e. The van der Waals surface area contributed by atoms with Gasteiger partial charge in [0.15, 0.2) is 0 Å². The first kappa shape index (κ1) is 21.3. The van der Waals surface area contributed by atoms with Crippen LogP contribution in [-0.4, -0.2) is 45.1 Å². The third-order valence-electron chi connectivity index (χ3n) is 2.84. The van der Waals surface area contributed by atoms with Crippen molar-refractivity contribution in [2.24, 2.45) is 5.92 Å². The largest absolute Gasteiger partial charge is 0.469 e. The fraction of sp³-hybridized carbons (Fsp3) is 0.312. The van der Waals surface area contributed by atoms with Gasteiger partial charge < -0.3 is 14.2 Å². The van der Waals surface area contributed by atoms with Crippen molar-refractivity contribution in [2.45, 2.75) is 6.42 Å². The van der Waals surface area contributed by atoms with Crippen molar-refractivity contribution in [1.82, 2.24) is 0 Å². The molecule has 0 aliphatic heterocycles. The van der Waals surface area contributed by atoms with Crippen LogP contribution < -0.4 is 0 Å². The maximum atomic E-state index is 11.6. The van der Waals surface area contributed by atoms with E-state index in [2.05, 4.69) is 14.2 Å². The van der Waals surface area contributed by atoms with Gasteiger partial charge in [-0.15, -0.1) is 0 Å². The number of methoxy groups -OCH3 is 3. The Hall–Kier alpha value is -3.68. The van der Waals surface area contributed by atoms with Crippen LogP contribution in [0.2, 0.25) is 0 Å². The first-order valence-electron chi connectivity index (χ1n) is 6.64. The molecule has 1 N–H and O–H groups in total. The third kappa shape index (κ3) is 6.53. The highest BCUT2D eigenvalue weighted by molar-refractivity contribution is 6.00. The molecule has 0 unspecified atom stereocenters. The first-order chi connectivity index (χ1) is 11.9. The van der Waals surface area contributed by atoms with Crippen molar-refractivity contribution < 1.29 is 28.6 Å². The highest BCUT2D eigenvalue weighted by atomic mass is 16.5. The Morgan fingerprint density at radius 1 is 1.04 bits per heavy atom. The van der Waals surface area contributed by atoms with Gasteiger partial charge in [0.1, 0.15) is 17.2 Å². The molecule has 0 spiro atoms. The van der Waals surface area contributed by atoms with Crippen molar-refractivity contribution >= 4 is 23.8 Å². The first-order valence-corrected chi connectivity index (χ1v) is 6.64. The molecule has 0 aromatic heterocycles. The molecule has 0 bridgehead atoms. The number of hydrogen-bond donors (Lipinski definition) is 1. The molecular formula is C16H15N3O6. The molecule has 9 heteroatoms. The summed E-state index contributed by atoms with van der Waals surface area (Å²) in [5, 5.41) is 25.4. The van der Waals surface area contributed by atoms with E-state index in [0.29, 0.717) is 0 Å². The molecule has 0 amide bonds. The SMILES string of the molecule is COC(=O)C[C@@H](C#N)C(C=C(C#N)C(=O)OC)=CC(=C=N)C(=O)OC. The Morgan fingerprint density at radius 3 is 2.04 bits per heavy atom. The van der Waals surface area contributed by atoms with E-state index < -0.39 is 35.8 Å². The van der Waals surface area contributed by atoms with Crippen LogP contribution in [0.5, 0.6) is 0 Å². The summed E-state index contributed by atoms with van der Waals surface area (Å²) in [7, 11) is 3.27. The highest BCUT2D eigenvalue weighted by Gasteiger charge is 2.21. The fourth-order valence-corrected chi connectivity index (χ4v) is 1.57. The zero-order valence-corrected chi connectivity index (χ0v) is 13.8. The number of hydrogen-bond acceptors (Lipinski definition) is 9. The zero-order valence-electron chi connectivity index (χ0n) is 13.8. The Balaban J connectivity index is 6.27. The number of nitriles is 2. The van der Waals surface area contributed by atoms with Gasteiger partial charge in [-0.05, 0) is 23.6 Å². The van der Waals surface area contributed by atoms with Gasteiger partial charge in [-0.25, -0.2) is 9.59 Å². The van der Waals surface area contributed by atoms with E-state index in [1.807, 2.05) is 11.9 Å². The molecule has 0 aromatic rings. The molecule has 25 heavy (non-hydrogen) atoms. The average molecular weight is 345 g/mol. The molecule has 0 aliphatic rings. The Kier molecular flexibility index (Phi) is 9.34. The van der Waals surface area contributed by atoms with Gasteiger partial charge in [-0.2, -0.15) is 10.5 Å². The van der Waals surface area contributed by atoms with Crippen LogP contribution in [-0.2, 0) is 28.6 Å². The van der Waals surface area contributed by atoms with Crippen molar-refractivity contribution in [3.63, 3.8) is 0 Å². The monoisotopic (exact) mass is 345 g/mol. The van der Waals surface area contributed by atoms with Gasteiger partial charge in [-0.1, -0.05) is 0 Å². The van der Waals surface area contributed by atoms with Crippen molar-refractivity contribution in [1.29, 1.82) is 15.9 Å². The molecule has 0 rings (SSSR count). The predicted octanol–water partition coefficient (Wildman–Crippen LogP) is 0.587. The van der Waals surface area contributed by atoms with Crippen molar-refractivity contribution in [3.8, 4) is 12.1 Å². The summed E-state index contributed by atoms with van der Waals surface area (Å²) in [6, 6.07) is 3.40. The van der Waals surface area contributed by atoms with Crippen LogP contribution >= 0.6 is 0 Å². The normalized spacial score (nSPS) is 11.9. The zero-order chi connectivity index (χ0) is 19.4. The number of nitrogens with zero attached hydrogens (tertiary/aromatic N) is 2. The standard InChI is InChI=1S/C16H15N3O6/c1-23-14(20)6-11(7-17)10(4-12(8-18)15(21)24-2)5-13(9-19)16(22)25-3/h4-5,11,18H,6H2,1-3H3/t11-/m0/s1. The van der Waals surface area contributed by atoms with Crippen molar-refractivity contribution in [2.75, 3.05) is 21.3 Å². The van der Waals surface area contributed by atoms with Gasteiger partial charge in [0, 0.05) is 0 Å². The maximum Gasteiger partial charge on any atom is 0.348 e. The van der Waals surface area contributed by atoms with Crippen molar-refractivity contribution in [3.05, 3.63) is 28.9 Å². The lowest BCUT2D eigenvalue weighted by Crippen LogP contribution is -2.13. The predicted molar refractivity (Wildman–Crippen MR) is 82.8 cm³/mol. The number of esters is 3. The molecule has 9 nitrogen and oxygen atoms in total. The van der Waals surface area contributed by atoms with E-state index in [0.717, 1.165) is 33.5 Å². The van der Waals surface area contributed by atoms with Crippen LogP contribution in [0.3, 0.4) is 0 Å². The minimum absolute atomic E-state index is 0.0602. The lowest BCUT2D eigenvalue weighted by atomic mass is 9.93. The molecule has 1 atom stereocenters. The van der Waals surface area contributed by atoms with E-state index in [-0.39, 0.29) is 11.1 Å². The topological polar surface area (TPSA) is 150 Å². The number of nitrogens with one attached hydrogen (secondary N) is 1. The number of rotatable bonds is 7. The second kappa shape index (κ2) is 10.9. The second-order valence-corrected chi connectivity index (χ2v) is 4.30. The van der Waals surface area contributed by atoms with Crippen LogP contribution in [0, 0.1) is 34.0 Å². The van der Waals surface area contributed by atoms with Gasteiger partial charge in [-0.3, -0.25) is 10.2 Å². The molecule has 0 radical (unpaired) electrons. The van der Waals surface area contributed by atoms with E-state index in [1.165, 1.54) is 0 Å². The fourth-order valence-electron chi connectivity index (χ4n) is 1.57. The number of carbonyl (C=O) groups excluding carboxylic acids is 3. The molecule has 0 aliphatic carbocycles. The highest BCUT2D eigenvalue weighted by Crippen LogP contribution is 2.21. The van der Waals surface area contributed by atoms with Crippen LogP contribution in [0.1, 0.15) is 6.42 Å². The molecule has 0 saturated carbocycles. The van der Waals surface area contributed by atoms with E-state index in [1.54, 1.807) is 6.07 Å². The Bertz CT molecular complexity index is 745. The Morgan fingerprint density at radius 2 is 1.64 bits per heavy atom. The second-order valence-electron chi connectivity index (χ2n) is 4.30. The minimum Gasteiger partial charge on any atom is -0.469 e. The average Bonchev–Trinajstić information content (AvgIpc) is 2.65. The number of ether oxygens (including phenoxy) is 3. The summed E-state index contributed by atoms with van der Waals surface area (Å²) in [6.45, 7) is 0. The molecular weight excluding hydrogens is 330 g/mol. The quantitative estimate of drug-likeness (QED) is 0.176. The summed E-state index contributed by atoms with van der Waals surface area (Å²) in [5.41, 5.74) is -0.899. The summed E-state index contributed by atoms with van der Waals surface area (Å²) in [4.78, 5) is 34.6. The number of allylic oxidation sites excluding steroid dienone is 2. The van der Waals surface area contributed by atoms with Gasteiger partial charge in [0.05, 0.1) is 39.7 Å². The minimum atomic E-state index is -1.16. The van der Waals surface area contributed by atoms with Gasteiger partial charge >= 0.3 is 17.9 Å². The van der Waals surface area contributed by atoms with Gasteiger partial charge in [0.25, 0.3) is 0 Å². The summed E-state index contributed by atoms with van der Waals surface area (Å²) in [6.07, 6.45) is 1.61.